The topological polar surface area (TPSA) is 74.6 Å². The summed E-state index contributed by atoms with van der Waals surface area (Å²) in [6.07, 6.45) is 16.7. The number of Topliss-reactive ketones (excluding diaryl/α,β-unsaturated/α-hetero) is 1. The fourth-order valence-corrected chi connectivity index (χ4v) is 3.86. The van der Waals surface area contributed by atoms with Gasteiger partial charge in [0, 0.05) is 18.8 Å². The van der Waals surface area contributed by atoms with Crippen LogP contribution in [-0.4, -0.2) is 28.1 Å². The number of hydrogen-bond donors (Lipinski definition) is 2. The van der Waals surface area contributed by atoms with Gasteiger partial charge in [0.2, 0.25) is 0 Å². The summed E-state index contributed by atoms with van der Waals surface area (Å²) < 4.78 is 0. The zero-order valence-electron chi connectivity index (χ0n) is 16.5. The van der Waals surface area contributed by atoms with Gasteiger partial charge in [-0.15, -0.1) is 0 Å². The average molecular weight is 367 g/mol. The molecule has 4 nitrogen and oxygen atoms in total. The zero-order valence-corrected chi connectivity index (χ0v) is 16.5. The Morgan fingerprint density at radius 3 is 2.54 bits per heavy atom. The van der Waals surface area contributed by atoms with Crippen molar-refractivity contribution in [1.29, 1.82) is 0 Å². The summed E-state index contributed by atoms with van der Waals surface area (Å²) in [5.74, 6) is 0.00285. The number of unbranched alkanes of at least 4 members (excludes halogenated alkanes) is 7. The van der Waals surface area contributed by atoms with Crippen molar-refractivity contribution in [1.82, 2.24) is 0 Å². The first-order chi connectivity index (χ1) is 12.5. The van der Waals surface area contributed by atoms with Gasteiger partial charge in [0.05, 0.1) is 6.10 Å². The molecule has 150 valence electrons. The Bertz CT molecular complexity index is 430. The van der Waals surface area contributed by atoms with E-state index in [2.05, 4.69) is 13.0 Å². The van der Waals surface area contributed by atoms with Crippen LogP contribution in [0, 0.1) is 11.8 Å². The number of hydrogen-bond acceptors (Lipinski definition) is 3. The van der Waals surface area contributed by atoms with Gasteiger partial charge in [0.25, 0.3) is 0 Å². The van der Waals surface area contributed by atoms with Crippen LogP contribution >= 0.6 is 0 Å². The van der Waals surface area contributed by atoms with E-state index in [1.807, 2.05) is 6.08 Å². The molecule has 3 atom stereocenters. The lowest BCUT2D eigenvalue weighted by molar-refractivity contribution is -0.137. The monoisotopic (exact) mass is 366 g/mol. The molecule has 0 radical (unpaired) electrons. The van der Waals surface area contributed by atoms with Crippen LogP contribution in [0.5, 0.6) is 0 Å². The van der Waals surface area contributed by atoms with Gasteiger partial charge >= 0.3 is 5.97 Å². The summed E-state index contributed by atoms with van der Waals surface area (Å²) in [7, 11) is 0. The van der Waals surface area contributed by atoms with Gasteiger partial charge in [-0.1, -0.05) is 70.4 Å². The summed E-state index contributed by atoms with van der Waals surface area (Å²) in [5, 5.41) is 18.8. The number of aliphatic hydroxyl groups is 1. The Morgan fingerprint density at radius 2 is 1.81 bits per heavy atom. The Hall–Kier alpha value is -1.16. The van der Waals surface area contributed by atoms with Crippen molar-refractivity contribution >= 4 is 11.8 Å². The molecule has 2 N–H and O–H groups in total. The maximum Gasteiger partial charge on any atom is 0.303 e. The van der Waals surface area contributed by atoms with Crippen LogP contribution in [0.2, 0.25) is 0 Å². The number of aliphatic carboxylic acids is 1. The minimum absolute atomic E-state index is 0.0995. The molecule has 3 unspecified atom stereocenters. The second-order valence-corrected chi connectivity index (χ2v) is 7.78. The molecule has 1 rings (SSSR count). The summed E-state index contributed by atoms with van der Waals surface area (Å²) in [6.45, 7) is 2.20. The molecule has 1 fully saturated rings. The van der Waals surface area contributed by atoms with E-state index in [1.54, 1.807) is 0 Å². The van der Waals surface area contributed by atoms with Crippen molar-refractivity contribution in [2.75, 3.05) is 0 Å². The van der Waals surface area contributed by atoms with Gasteiger partial charge in [-0.2, -0.15) is 0 Å². The average Bonchev–Trinajstić information content (AvgIpc) is 2.95. The predicted molar refractivity (Wildman–Crippen MR) is 105 cm³/mol. The molecule has 0 aromatic rings. The van der Waals surface area contributed by atoms with Crippen LogP contribution < -0.4 is 0 Å². The van der Waals surface area contributed by atoms with Crippen LogP contribution in [0.25, 0.3) is 0 Å². The molecule has 0 aromatic carbocycles. The lowest BCUT2D eigenvalue weighted by Crippen LogP contribution is -2.14. The van der Waals surface area contributed by atoms with Crippen molar-refractivity contribution in [3.05, 3.63) is 12.2 Å². The predicted octanol–water partition coefficient (Wildman–Crippen LogP) is 5.28. The number of carbonyl (C=O) groups excluding carboxylic acids is 1. The van der Waals surface area contributed by atoms with E-state index in [4.69, 9.17) is 5.11 Å². The van der Waals surface area contributed by atoms with Crippen LogP contribution in [0.3, 0.4) is 0 Å². The fourth-order valence-electron chi connectivity index (χ4n) is 3.86. The highest BCUT2D eigenvalue weighted by Gasteiger charge is 2.32. The molecule has 0 aromatic heterocycles. The van der Waals surface area contributed by atoms with E-state index in [-0.39, 0.29) is 24.4 Å². The lowest BCUT2D eigenvalue weighted by Gasteiger charge is -2.15. The van der Waals surface area contributed by atoms with Crippen molar-refractivity contribution in [2.24, 2.45) is 11.8 Å². The highest BCUT2D eigenvalue weighted by Crippen LogP contribution is 2.34. The third kappa shape index (κ3) is 10.1. The van der Waals surface area contributed by atoms with Gasteiger partial charge in [-0.3, -0.25) is 9.59 Å². The van der Waals surface area contributed by atoms with Gasteiger partial charge in [-0.25, -0.2) is 0 Å². The first-order valence-electron chi connectivity index (χ1n) is 10.7. The number of allylic oxidation sites excluding steroid dienone is 1. The van der Waals surface area contributed by atoms with Crippen molar-refractivity contribution in [2.45, 2.75) is 103 Å². The summed E-state index contributed by atoms with van der Waals surface area (Å²) in [4.78, 5) is 22.6. The molecule has 4 heteroatoms. The number of carboxylic acid groups (broad SMARTS) is 1. The van der Waals surface area contributed by atoms with Crippen LogP contribution in [0.15, 0.2) is 12.2 Å². The van der Waals surface area contributed by atoms with Crippen molar-refractivity contribution < 1.29 is 19.8 Å². The Balaban J connectivity index is 2.24. The molecule has 0 saturated heterocycles. The van der Waals surface area contributed by atoms with E-state index < -0.39 is 5.97 Å². The second-order valence-electron chi connectivity index (χ2n) is 7.78. The number of aliphatic hydroxyl groups excluding tert-OH is 1. The van der Waals surface area contributed by atoms with Crippen molar-refractivity contribution in [3.63, 3.8) is 0 Å². The van der Waals surface area contributed by atoms with Gasteiger partial charge in [0.15, 0.2) is 0 Å². The Morgan fingerprint density at radius 1 is 1.12 bits per heavy atom. The molecule has 0 bridgehead atoms. The van der Waals surface area contributed by atoms with Crippen LogP contribution in [0.4, 0.5) is 0 Å². The lowest BCUT2D eigenvalue weighted by atomic mass is 9.89. The molecule has 1 aliphatic rings. The molecule has 0 heterocycles. The van der Waals surface area contributed by atoms with Gasteiger partial charge in [0.1, 0.15) is 5.78 Å². The molecule has 0 amide bonds. The molecule has 26 heavy (non-hydrogen) atoms. The SMILES string of the molecule is CCCCCCCC(O)/C=C/C1CCC(=O)C1CCCCCCC(=O)O. The zero-order chi connectivity index (χ0) is 19.2. The first kappa shape index (κ1) is 22.9. The van der Waals surface area contributed by atoms with E-state index in [0.29, 0.717) is 12.2 Å². The van der Waals surface area contributed by atoms with E-state index in [1.165, 1.54) is 25.7 Å². The van der Waals surface area contributed by atoms with Gasteiger partial charge in [-0.05, 0) is 31.6 Å². The molecular formula is C22H38O4. The molecule has 1 saturated carbocycles. The summed E-state index contributed by atoms with van der Waals surface area (Å²) >= 11 is 0. The molecule has 0 aliphatic heterocycles. The normalized spacial score (nSPS) is 21.5. The van der Waals surface area contributed by atoms with Crippen LogP contribution in [-0.2, 0) is 9.59 Å². The van der Waals surface area contributed by atoms with Gasteiger partial charge < -0.3 is 10.2 Å². The maximum atomic E-state index is 12.1. The second kappa shape index (κ2) is 14.0. The maximum absolute atomic E-state index is 12.1. The van der Waals surface area contributed by atoms with Crippen molar-refractivity contribution in [3.8, 4) is 0 Å². The minimum atomic E-state index is -0.731. The fraction of sp³-hybridized carbons (Fsp3) is 0.818. The largest absolute Gasteiger partial charge is 0.481 e. The first-order valence-corrected chi connectivity index (χ1v) is 10.7. The van der Waals surface area contributed by atoms with E-state index in [9.17, 15) is 14.7 Å². The smallest absolute Gasteiger partial charge is 0.303 e. The third-order valence-corrected chi connectivity index (χ3v) is 5.49. The van der Waals surface area contributed by atoms with E-state index in [0.717, 1.165) is 51.4 Å². The minimum Gasteiger partial charge on any atom is -0.481 e. The third-order valence-electron chi connectivity index (χ3n) is 5.49. The number of carboxylic acids is 1. The summed E-state index contributed by atoms with van der Waals surface area (Å²) in [6, 6.07) is 0. The highest BCUT2D eigenvalue weighted by atomic mass is 16.4. The van der Waals surface area contributed by atoms with E-state index >= 15 is 0 Å². The number of carbonyl (C=O) groups is 2. The number of ketones is 1. The highest BCUT2D eigenvalue weighted by molar-refractivity contribution is 5.83. The molecular weight excluding hydrogens is 328 g/mol. The Kier molecular flexibility index (Phi) is 12.3. The quantitative estimate of drug-likeness (QED) is 0.305. The number of rotatable bonds is 15. The summed E-state index contributed by atoms with van der Waals surface area (Å²) in [5.41, 5.74) is 0. The Labute approximate surface area is 159 Å². The molecule has 1 aliphatic carbocycles. The van der Waals surface area contributed by atoms with Crippen LogP contribution in [0.1, 0.15) is 96.8 Å². The molecule has 0 spiro atoms. The standard InChI is InChI=1S/C22H38O4/c1-2-3-4-5-8-11-19(23)16-14-18-15-17-21(24)20(18)12-9-6-7-10-13-22(25)26/h14,16,18-20,23H,2-13,15,17H2,1H3,(H,25,26)/b16-14+.